The van der Waals surface area contributed by atoms with Crippen molar-refractivity contribution in [2.24, 2.45) is 5.92 Å². The third-order valence-electron chi connectivity index (χ3n) is 3.18. The van der Waals surface area contributed by atoms with Gasteiger partial charge in [-0.25, -0.2) is 0 Å². The van der Waals surface area contributed by atoms with Crippen LogP contribution in [0.1, 0.15) is 65.7 Å². The molecule has 0 unspecified atom stereocenters. The molecule has 0 rings (SSSR count). The molecule has 0 aliphatic heterocycles. The normalized spacial score (nSPS) is 12.7. The second-order valence-corrected chi connectivity index (χ2v) is 9.82. The summed E-state index contributed by atoms with van der Waals surface area (Å²) >= 11 is 0. The number of hydrogen-bond donors (Lipinski definition) is 0. The van der Waals surface area contributed by atoms with E-state index >= 15 is 0 Å². The molecule has 0 saturated carbocycles. The minimum atomic E-state index is -1.91. The Bertz CT molecular complexity index is 237. The lowest BCUT2D eigenvalue weighted by atomic mass is 10.1. The third kappa shape index (κ3) is 14.3. The molecule has 0 atom stereocenters. The van der Waals surface area contributed by atoms with Crippen molar-refractivity contribution in [2.45, 2.75) is 78.8 Å². The van der Waals surface area contributed by atoms with Crippen molar-refractivity contribution >= 4 is 8.56 Å². The first-order valence-electron chi connectivity index (χ1n) is 8.41. The average Bonchev–Trinajstić information content (AvgIpc) is 2.39. The van der Waals surface area contributed by atoms with E-state index in [1.807, 2.05) is 0 Å². The van der Waals surface area contributed by atoms with E-state index in [2.05, 4.69) is 46.0 Å². The van der Waals surface area contributed by atoms with Crippen molar-refractivity contribution in [2.75, 3.05) is 13.2 Å². The molecular weight excluding hydrogens is 264 g/mol. The van der Waals surface area contributed by atoms with Crippen molar-refractivity contribution in [1.29, 1.82) is 0 Å². The van der Waals surface area contributed by atoms with Crippen molar-refractivity contribution in [3.05, 3.63) is 12.2 Å². The fourth-order valence-corrected chi connectivity index (χ4v) is 3.20. The van der Waals surface area contributed by atoms with Crippen LogP contribution in [-0.2, 0) is 8.85 Å². The van der Waals surface area contributed by atoms with E-state index in [0.717, 1.165) is 6.61 Å². The fourth-order valence-electron chi connectivity index (χ4n) is 1.89. The molecule has 0 fully saturated rings. The van der Waals surface area contributed by atoms with Gasteiger partial charge < -0.3 is 8.85 Å². The van der Waals surface area contributed by atoms with E-state index < -0.39 is 8.56 Å². The van der Waals surface area contributed by atoms with Crippen LogP contribution in [0.5, 0.6) is 0 Å². The summed E-state index contributed by atoms with van der Waals surface area (Å²) in [7, 11) is -1.91. The van der Waals surface area contributed by atoms with Gasteiger partial charge in [-0.3, -0.25) is 0 Å². The summed E-state index contributed by atoms with van der Waals surface area (Å²) < 4.78 is 11.7. The van der Waals surface area contributed by atoms with Crippen LogP contribution in [0, 0.1) is 5.92 Å². The van der Waals surface area contributed by atoms with Gasteiger partial charge in [-0.1, -0.05) is 65.0 Å². The molecule has 0 aliphatic carbocycles. The zero-order valence-electron chi connectivity index (χ0n) is 14.4. The van der Waals surface area contributed by atoms with E-state index in [1.165, 1.54) is 44.9 Å². The minimum Gasteiger partial charge on any atom is -0.394 e. The van der Waals surface area contributed by atoms with Crippen molar-refractivity contribution in [3.8, 4) is 0 Å². The molecule has 0 amide bonds. The topological polar surface area (TPSA) is 18.5 Å². The Balaban J connectivity index is 3.46. The predicted octanol–water partition coefficient (Wildman–Crippen LogP) is 5.68. The van der Waals surface area contributed by atoms with E-state index in [0.29, 0.717) is 12.5 Å². The standard InChI is InChI=1S/C17H36O2Si/c1-6-7-8-9-10-11-12-13-14-15-18-20(4,5)19-16-17(2)3/h13-14,17H,6-12,15-16H2,1-5H3/b14-13+. The van der Waals surface area contributed by atoms with Gasteiger partial charge in [0, 0.05) is 6.61 Å². The largest absolute Gasteiger partial charge is 0.394 e. The SMILES string of the molecule is CCCCCCCC/C=C/CO[Si](C)(C)OCC(C)C. The average molecular weight is 301 g/mol. The van der Waals surface area contributed by atoms with Crippen LogP contribution in [0.3, 0.4) is 0 Å². The van der Waals surface area contributed by atoms with Crippen LogP contribution >= 0.6 is 0 Å². The predicted molar refractivity (Wildman–Crippen MR) is 91.4 cm³/mol. The number of allylic oxidation sites excluding steroid dienone is 1. The zero-order chi connectivity index (χ0) is 15.3. The Morgan fingerprint density at radius 3 is 2.20 bits per heavy atom. The number of unbranched alkanes of at least 4 members (excludes halogenated alkanes) is 6. The summed E-state index contributed by atoms with van der Waals surface area (Å²) in [5, 5.41) is 0. The first kappa shape index (κ1) is 19.9. The Morgan fingerprint density at radius 2 is 1.55 bits per heavy atom. The van der Waals surface area contributed by atoms with Crippen LogP contribution in [0.4, 0.5) is 0 Å². The number of hydrogen-bond acceptors (Lipinski definition) is 2. The lowest BCUT2D eigenvalue weighted by molar-refractivity contribution is 0.174. The van der Waals surface area contributed by atoms with Crippen molar-refractivity contribution in [3.63, 3.8) is 0 Å². The smallest absolute Gasteiger partial charge is 0.331 e. The molecule has 0 spiro atoms. The summed E-state index contributed by atoms with van der Waals surface area (Å²) in [5.41, 5.74) is 0. The van der Waals surface area contributed by atoms with Gasteiger partial charge in [0.15, 0.2) is 0 Å². The van der Waals surface area contributed by atoms with E-state index in [1.54, 1.807) is 0 Å². The van der Waals surface area contributed by atoms with Gasteiger partial charge in [0.25, 0.3) is 0 Å². The Labute approximate surface area is 128 Å². The van der Waals surface area contributed by atoms with E-state index in [9.17, 15) is 0 Å². The van der Waals surface area contributed by atoms with Gasteiger partial charge in [0.05, 0.1) is 6.61 Å². The number of rotatable bonds is 13. The molecule has 0 aromatic carbocycles. The molecule has 0 radical (unpaired) electrons. The Morgan fingerprint density at radius 1 is 0.900 bits per heavy atom. The van der Waals surface area contributed by atoms with Crippen molar-refractivity contribution in [1.82, 2.24) is 0 Å². The van der Waals surface area contributed by atoms with Crippen LogP contribution in [0.2, 0.25) is 13.1 Å². The monoisotopic (exact) mass is 300 g/mol. The fraction of sp³-hybridized carbons (Fsp3) is 0.882. The maximum atomic E-state index is 5.87. The van der Waals surface area contributed by atoms with Gasteiger partial charge in [-0.15, -0.1) is 0 Å². The van der Waals surface area contributed by atoms with Crippen LogP contribution in [-0.4, -0.2) is 21.8 Å². The van der Waals surface area contributed by atoms with Gasteiger partial charge in [-0.05, 0) is 31.9 Å². The van der Waals surface area contributed by atoms with E-state index in [-0.39, 0.29) is 0 Å². The quantitative estimate of drug-likeness (QED) is 0.247. The Kier molecular flexibility index (Phi) is 12.5. The molecule has 0 saturated heterocycles. The molecule has 120 valence electrons. The highest BCUT2D eigenvalue weighted by atomic mass is 28.4. The maximum absolute atomic E-state index is 5.87. The van der Waals surface area contributed by atoms with Crippen LogP contribution in [0.25, 0.3) is 0 Å². The first-order valence-corrected chi connectivity index (χ1v) is 11.2. The third-order valence-corrected chi connectivity index (χ3v) is 4.91. The highest BCUT2D eigenvalue weighted by Gasteiger charge is 2.23. The molecule has 0 aliphatic rings. The van der Waals surface area contributed by atoms with Crippen LogP contribution < -0.4 is 0 Å². The molecule has 0 aromatic rings. The summed E-state index contributed by atoms with van der Waals surface area (Å²) in [6.45, 7) is 12.4. The molecule has 2 nitrogen and oxygen atoms in total. The molecule has 3 heteroatoms. The van der Waals surface area contributed by atoms with Gasteiger partial charge in [0.1, 0.15) is 0 Å². The lowest BCUT2D eigenvalue weighted by Crippen LogP contribution is -2.36. The van der Waals surface area contributed by atoms with Gasteiger partial charge in [-0.2, -0.15) is 0 Å². The molecular formula is C17H36O2Si. The molecule has 0 aromatic heterocycles. The first-order chi connectivity index (χ1) is 9.48. The summed E-state index contributed by atoms with van der Waals surface area (Å²) in [6.07, 6.45) is 13.8. The highest BCUT2D eigenvalue weighted by molar-refractivity contribution is 6.64. The second-order valence-electron chi connectivity index (χ2n) is 6.44. The lowest BCUT2D eigenvalue weighted by Gasteiger charge is -2.23. The summed E-state index contributed by atoms with van der Waals surface area (Å²) in [5.74, 6) is 0.577. The van der Waals surface area contributed by atoms with Crippen LogP contribution in [0.15, 0.2) is 12.2 Å². The van der Waals surface area contributed by atoms with Crippen molar-refractivity contribution < 1.29 is 8.85 Å². The Hall–Kier alpha value is -0.123. The molecule has 0 heterocycles. The van der Waals surface area contributed by atoms with Gasteiger partial charge in [0.2, 0.25) is 0 Å². The minimum absolute atomic E-state index is 0.577. The summed E-state index contributed by atoms with van der Waals surface area (Å²) in [4.78, 5) is 0. The molecule has 20 heavy (non-hydrogen) atoms. The maximum Gasteiger partial charge on any atom is 0.331 e. The molecule has 0 bridgehead atoms. The molecule has 0 N–H and O–H groups in total. The zero-order valence-corrected chi connectivity index (χ0v) is 15.4. The summed E-state index contributed by atoms with van der Waals surface area (Å²) in [6, 6.07) is 0. The van der Waals surface area contributed by atoms with E-state index in [4.69, 9.17) is 8.85 Å². The van der Waals surface area contributed by atoms with Gasteiger partial charge >= 0.3 is 8.56 Å². The second kappa shape index (κ2) is 12.6. The highest BCUT2D eigenvalue weighted by Crippen LogP contribution is 2.10.